The lowest BCUT2D eigenvalue weighted by atomic mass is 10.0. The third-order valence-electron chi connectivity index (χ3n) is 3.24. The summed E-state index contributed by atoms with van der Waals surface area (Å²) >= 11 is 5.91. The minimum atomic E-state index is -5.09. The van der Waals surface area contributed by atoms with Crippen molar-refractivity contribution in [1.29, 1.82) is 0 Å². The van der Waals surface area contributed by atoms with E-state index in [1.165, 1.54) is 12.1 Å². The summed E-state index contributed by atoms with van der Waals surface area (Å²) in [4.78, 5) is 10.7. The average Bonchev–Trinajstić information content (AvgIpc) is 3.17. The molecule has 0 aliphatic carbocycles. The van der Waals surface area contributed by atoms with Gasteiger partial charge in [0.1, 0.15) is 11.4 Å². The number of nitroso groups, excluding NO2 is 1. The highest BCUT2D eigenvalue weighted by atomic mass is 35.5. The van der Waals surface area contributed by atoms with Crippen LogP contribution in [0.15, 0.2) is 35.6 Å². The van der Waals surface area contributed by atoms with E-state index in [1.807, 2.05) is 0 Å². The molecule has 12 heteroatoms. The first kappa shape index (κ1) is 18.1. The number of nitrogens with zero attached hydrogens (tertiary/aromatic N) is 2. The summed E-state index contributed by atoms with van der Waals surface area (Å²) in [6, 6.07) is 5.28. The summed E-state index contributed by atoms with van der Waals surface area (Å²) in [5.74, 6) is -1.53. The maximum atomic E-state index is 12.6. The van der Waals surface area contributed by atoms with Gasteiger partial charge in [0.05, 0.1) is 16.0 Å². The summed E-state index contributed by atoms with van der Waals surface area (Å²) in [6.07, 6.45) is -10.1. The zero-order chi connectivity index (χ0) is 19.3. The lowest BCUT2D eigenvalue weighted by Gasteiger charge is -2.15. The van der Waals surface area contributed by atoms with Crippen LogP contribution in [0, 0.1) is 4.91 Å². The summed E-state index contributed by atoms with van der Waals surface area (Å²) in [5.41, 5.74) is -0.806. The minimum Gasteiger partial charge on any atom is -0.405 e. The summed E-state index contributed by atoms with van der Waals surface area (Å²) in [6.45, 7) is 0. The molecule has 1 aliphatic heterocycles. The van der Waals surface area contributed by atoms with Gasteiger partial charge >= 0.3 is 12.7 Å². The second-order valence-corrected chi connectivity index (χ2v) is 5.35. The number of fused-ring (bicyclic) bond motifs is 1. The van der Waals surface area contributed by atoms with Crippen molar-refractivity contribution in [2.24, 2.45) is 5.29 Å². The molecule has 0 aromatic heterocycles. The van der Waals surface area contributed by atoms with Crippen LogP contribution < -0.4 is 14.5 Å². The molecule has 2 aromatic carbocycles. The van der Waals surface area contributed by atoms with E-state index in [9.17, 15) is 31.2 Å². The molecular formula is C14H5ClF6N2O3. The molecule has 0 fully saturated rings. The van der Waals surface area contributed by atoms with Crippen molar-refractivity contribution in [3.63, 3.8) is 0 Å². The Bertz CT molecular complexity index is 884. The lowest BCUT2D eigenvalue weighted by Crippen LogP contribution is -2.18. The van der Waals surface area contributed by atoms with E-state index in [0.717, 1.165) is 18.2 Å². The second kappa shape index (κ2) is 5.94. The van der Waals surface area contributed by atoms with Crippen LogP contribution in [0.1, 0.15) is 0 Å². The van der Waals surface area contributed by atoms with Crippen LogP contribution in [-0.4, -0.2) is 12.7 Å². The zero-order valence-corrected chi connectivity index (χ0v) is 12.9. The van der Waals surface area contributed by atoms with Crippen LogP contribution in [0.3, 0.4) is 0 Å². The summed E-state index contributed by atoms with van der Waals surface area (Å²) in [7, 11) is 0. The fraction of sp³-hybridized carbons (Fsp3) is 0.143. The van der Waals surface area contributed by atoms with Crippen molar-refractivity contribution in [2.75, 3.05) is 5.01 Å². The van der Waals surface area contributed by atoms with Gasteiger partial charge in [0.2, 0.25) is 0 Å². The number of halogens is 7. The average molecular weight is 399 g/mol. The Morgan fingerprint density at radius 3 is 2.15 bits per heavy atom. The number of hydrogen-bond acceptors (Lipinski definition) is 4. The van der Waals surface area contributed by atoms with Crippen molar-refractivity contribution in [3.05, 3.63) is 40.3 Å². The molecular weight excluding hydrogens is 394 g/mol. The van der Waals surface area contributed by atoms with Crippen molar-refractivity contribution in [1.82, 2.24) is 0 Å². The van der Waals surface area contributed by atoms with Gasteiger partial charge in [-0.2, -0.15) is 5.01 Å². The first-order valence-electron chi connectivity index (χ1n) is 6.62. The predicted molar refractivity (Wildman–Crippen MR) is 78.2 cm³/mol. The van der Waals surface area contributed by atoms with Crippen LogP contribution in [-0.2, 0) is 0 Å². The van der Waals surface area contributed by atoms with E-state index in [1.54, 1.807) is 0 Å². The van der Waals surface area contributed by atoms with Crippen LogP contribution in [0.25, 0.3) is 11.1 Å². The molecule has 0 N–H and O–H groups in total. The summed E-state index contributed by atoms with van der Waals surface area (Å²) < 4.78 is 83.0. The van der Waals surface area contributed by atoms with Gasteiger partial charge in [-0.05, 0) is 29.8 Å². The van der Waals surface area contributed by atoms with Crippen LogP contribution in [0.2, 0.25) is 5.02 Å². The van der Waals surface area contributed by atoms with E-state index in [0.29, 0.717) is 5.01 Å². The van der Waals surface area contributed by atoms with Gasteiger partial charge in [0.15, 0.2) is 5.75 Å². The van der Waals surface area contributed by atoms with Gasteiger partial charge in [-0.15, -0.1) is 31.2 Å². The highest BCUT2D eigenvalue weighted by molar-refractivity contribution is 6.33. The molecule has 2 aromatic rings. The quantitative estimate of drug-likeness (QED) is 0.363. The highest BCUT2D eigenvalue weighted by Gasteiger charge is 2.42. The van der Waals surface area contributed by atoms with Gasteiger partial charge in [0.25, 0.3) is 0 Å². The molecule has 138 valence electrons. The molecule has 0 atom stereocenters. The standard InChI is InChI=1S/C14H5ClF6N2O3/c15-7-2-1-3-9(25-13(16,17)18)11(7)6-4-8-12(23(8)22-24)10(5-6)26-14(19,20)21/h1-5H. The van der Waals surface area contributed by atoms with Crippen LogP contribution in [0.4, 0.5) is 37.7 Å². The van der Waals surface area contributed by atoms with Crippen molar-refractivity contribution < 1.29 is 35.8 Å². The molecule has 0 bridgehead atoms. The summed E-state index contributed by atoms with van der Waals surface area (Å²) in [5, 5.41) is 2.88. The molecule has 0 spiro atoms. The number of rotatable bonds is 4. The topological polar surface area (TPSA) is 50.9 Å². The van der Waals surface area contributed by atoms with Gasteiger partial charge in [0, 0.05) is 5.56 Å². The van der Waals surface area contributed by atoms with Gasteiger partial charge in [-0.1, -0.05) is 17.7 Å². The number of alkyl halides is 6. The Kier molecular flexibility index (Phi) is 4.14. The molecule has 5 nitrogen and oxygen atoms in total. The monoisotopic (exact) mass is 398 g/mol. The largest absolute Gasteiger partial charge is 0.573 e. The fourth-order valence-electron chi connectivity index (χ4n) is 2.35. The molecule has 0 radical (unpaired) electrons. The van der Waals surface area contributed by atoms with Crippen LogP contribution in [0.5, 0.6) is 11.5 Å². The Labute approximate surface area is 145 Å². The molecule has 0 unspecified atom stereocenters. The Morgan fingerprint density at radius 1 is 0.962 bits per heavy atom. The molecule has 26 heavy (non-hydrogen) atoms. The van der Waals surface area contributed by atoms with E-state index < -0.39 is 24.2 Å². The molecule has 0 amide bonds. The molecule has 0 saturated heterocycles. The predicted octanol–water partition coefficient (Wildman–Crippen LogP) is 5.94. The zero-order valence-electron chi connectivity index (χ0n) is 12.2. The van der Waals surface area contributed by atoms with Crippen molar-refractivity contribution in [3.8, 4) is 22.6 Å². The van der Waals surface area contributed by atoms with Crippen LogP contribution >= 0.6 is 11.6 Å². The van der Waals surface area contributed by atoms with E-state index in [4.69, 9.17) is 11.6 Å². The SMILES string of the molecule is O=NN1c2cc(-c3c(Cl)cccc3OC(F)(F)F)cc(OC(F)(F)F)c21. The Morgan fingerprint density at radius 2 is 1.58 bits per heavy atom. The highest BCUT2D eigenvalue weighted by Crippen LogP contribution is 2.58. The maximum absolute atomic E-state index is 12.6. The molecule has 1 aliphatic rings. The molecule has 1 heterocycles. The van der Waals surface area contributed by atoms with Gasteiger partial charge in [-0.3, -0.25) is 0 Å². The van der Waals surface area contributed by atoms with E-state index >= 15 is 0 Å². The Balaban J connectivity index is 2.13. The van der Waals surface area contributed by atoms with Crippen molar-refractivity contribution >= 4 is 23.0 Å². The fourth-order valence-corrected chi connectivity index (χ4v) is 2.63. The molecule has 0 saturated carbocycles. The van der Waals surface area contributed by atoms with Gasteiger partial charge < -0.3 is 9.47 Å². The first-order valence-corrected chi connectivity index (χ1v) is 7.00. The van der Waals surface area contributed by atoms with Gasteiger partial charge in [-0.25, -0.2) is 0 Å². The normalized spacial score (nSPS) is 13.3. The number of benzene rings is 2. The number of hydrogen-bond donors (Lipinski definition) is 0. The maximum Gasteiger partial charge on any atom is 0.573 e. The van der Waals surface area contributed by atoms with Crippen molar-refractivity contribution in [2.45, 2.75) is 12.7 Å². The number of anilines is 2. The third-order valence-corrected chi connectivity index (χ3v) is 3.56. The third kappa shape index (κ3) is 3.62. The second-order valence-electron chi connectivity index (χ2n) is 4.94. The smallest absolute Gasteiger partial charge is 0.405 e. The first-order chi connectivity index (χ1) is 12.0. The molecule has 3 rings (SSSR count). The lowest BCUT2D eigenvalue weighted by molar-refractivity contribution is -0.275. The Hall–Kier alpha value is -2.69. The van der Waals surface area contributed by atoms with E-state index in [-0.39, 0.29) is 27.5 Å². The van der Waals surface area contributed by atoms with E-state index in [2.05, 4.69) is 14.8 Å². The number of ether oxygens (including phenoxy) is 2. The minimum absolute atomic E-state index is 0.0605.